The van der Waals surface area contributed by atoms with E-state index in [1.165, 1.54) is 24.5 Å². The number of thiol groups is 1. The summed E-state index contributed by atoms with van der Waals surface area (Å²) in [6, 6.07) is 4.32. The molecule has 6 nitrogen and oxygen atoms in total. The number of hydrogen-bond acceptors (Lipinski definition) is 6. The van der Waals surface area contributed by atoms with Crippen LogP contribution >= 0.6 is 12.6 Å². The number of fused-ring (bicyclic) bond motifs is 1. The first-order valence-corrected chi connectivity index (χ1v) is 6.17. The summed E-state index contributed by atoms with van der Waals surface area (Å²) in [5.41, 5.74) is 0.337. The topological polar surface area (TPSA) is 96.5 Å². The van der Waals surface area contributed by atoms with Gasteiger partial charge in [0, 0.05) is 24.2 Å². The Bertz CT molecular complexity index is 620. The lowest BCUT2D eigenvalue weighted by Gasteiger charge is -2.17. The number of nitro benzene ring substituents is 1. The van der Waals surface area contributed by atoms with Gasteiger partial charge in [0.1, 0.15) is 6.10 Å². The second kappa shape index (κ2) is 5.52. The highest BCUT2D eigenvalue weighted by molar-refractivity contribution is 7.80. The Hall–Kier alpha value is -1.70. The highest BCUT2D eigenvalue weighted by Gasteiger charge is 2.22. The minimum atomic E-state index is -1.15. The molecule has 2 N–H and O–H groups in total. The van der Waals surface area contributed by atoms with Gasteiger partial charge in [0.15, 0.2) is 0 Å². The second-order valence-electron chi connectivity index (χ2n) is 4.05. The van der Waals surface area contributed by atoms with E-state index in [2.05, 4.69) is 17.6 Å². The van der Waals surface area contributed by atoms with Crippen molar-refractivity contribution in [1.29, 1.82) is 0 Å². The van der Waals surface area contributed by atoms with Crippen LogP contribution in [-0.2, 0) is 0 Å². The predicted molar refractivity (Wildman–Crippen MR) is 73.2 cm³/mol. The van der Waals surface area contributed by atoms with Gasteiger partial charge in [-0.3, -0.25) is 15.1 Å². The molecule has 2 rings (SSSR count). The maximum Gasteiger partial charge on any atom is 0.278 e. The number of rotatable bonds is 4. The number of benzene rings is 1. The highest BCUT2D eigenvalue weighted by atomic mass is 32.1. The maximum atomic E-state index is 10.9. The van der Waals surface area contributed by atoms with Crippen molar-refractivity contribution in [2.75, 3.05) is 5.75 Å². The molecule has 1 aromatic carbocycles. The average molecular weight is 280 g/mol. The number of pyridine rings is 1. The normalized spacial score (nSPS) is 14.3. The van der Waals surface area contributed by atoms with E-state index in [0.717, 1.165) is 0 Å². The second-order valence-corrected chi connectivity index (χ2v) is 4.41. The van der Waals surface area contributed by atoms with Gasteiger partial charge in [0.05, 0.1) is 16.4 Å². The lowest BCUT2D eigenvalue weighted by molar-refractivity contribution is -0.383. The van der Waals surface area contributed by atoms with Gasteiger partial charge in [0.2, 0.25) is 0 Å². The van der Waals surface area contributed by atoms with E-state index in [4.69, 9.17) is 0 Å². The fourth-order valence-corrected chi connectivity index (χ4v) is 2.12. The first-order chi connectivity index (χ1) is 9.06. The maximum absolute atomic E-state index is 10.9. The highest BCUT2D eigenvalue weighted by Crippen LogP contribution is 2.32. The van der Waals surface area contributed by atoms with Gasteiger partial charge in [-0.2, -0.15) is 12.6 Å². The van der Waals surface area contributed by atoms with Gasteiger partial charge >= 0.3 is 0 Å². The SMILES string of the molecule is O=[N+]([O-])c1ccc(C(O)C(O)CS)c2ccncc12. The third-order valence-corrected chi connectivity index (χ3v) is 3.27. The van der Waals surface area contributed by atoms with E-state index >= 15 is 0 Å². The Morgan fingerprint density at radius 3 is 2.68 bits per heavy atom. The Morgan fingerprint density at radius 2 is 2.05 bits per heavy atom. The van der Waals surface area contributed by atoms with Crippen LogP contribution in [0, 0.1) is 10.1 Å². The van der Waals surface area contributed by atoms with Crippen LogP contribution in [0.1, 0.15) is 11.7 Å². The molecule has 100 valence electrons. The van der Waals surface area contributed by atoms with Gasteiger partial charge in [-0.25, -0.2) is 0 Å². The molecule has 0 amide bonds. The molecule has 7 heteroatoms. The summed E-state index contributed by atoms with van der Waals surface area (Å²) >= 11 is 3.92. The van der Waals surface area contributed by atoms with Gasteiger partial charge in [-0.15, -0.1) is 0 Å². The van der Waals surface area contributed by atoms with Crippen LogP contribution in [0.2, 0.25) is 0 Å². The number of non-ortho nitro benzene ring substituents is 1. The van der Waals surface area contributed by atoms with Crippen molar-refractivity contribution < 1.29 is 15.1 Å². The summed E-state index contributed by atoms with van der Waals surface area (Å²) in [4.78, 5) is 14.3. The quantitative estimate of drug-likeness (QED) is 0.447. The molecule has 2 unspecified atom stereocenters. The van der Waals surface area contributed by atoms with Crippen LogP contribution in [0.5, 0.6) is 0 Å². The Balaban J connectivity index is 2.65. The van der Waals surface area contributed by atoms with E-state index in [9.17, 15) is 20.3 Å². The molecule has 0 fully saturated rings. The molecule has 19 heavy (non-hydrogen) atoms. The lowest BCUT2D eigenvalue weighted by atomic mass is 9.98. The van der Waals surface area contributed by atoms with E-state index in [1.54, 1.807) is 6.07 Å². The summed E-state index contributed by atoms with van der Waals surface area (Å²) in [7, 11) is 0. The van der Waals surface area contributed by atoms with Crippen molar-refractivity contribution in [3.8, 4) is 0 Å². The molecule has 0 saturated carbocycles. The monoisotopic (exact) mass is 280 g/mol. The Labute approximate surface area is 114 Å². The van der Waals surface area contributed by atoms with Crippen LogP contribution in [0.25, 0.3) is 10.8 Å². The zero-order chi connectivity index (χ0) is 14.0. The van der Waals surface area contributed by atoms with Crippen LogP contribution in [0.3, 0.4) is 0 Å². The summed E-state index contributed by atoms with van der Waals surface area (Å²) in [5, 5.41) is 31.4. The molecule has 2 atom stereocenters. The average Bonchev–Trinajstić information content (AvgIpc) is 2.44. The fourth-order valence-electron chi connectivity index (χ4n) is 1.92. The third-order valence-electron chi connectivity index (χ3n) is 2.90. The molecule has 0 saturated heterocycles. The molecule has 0 radical (unpaired) electrons. The van der Waals surface area contributed by atoms with E-state index in [1.807, 2.05) is 0 Å². The van der Waals surface area contributed by atoms with Crippen molar-refractivity contribution in [2.24, 2.45) is 0 Å². The zero-order valence-electron chi connectivity index (χ0n) is 9.80. The van der Waals surface area contributed by atoms with Crippen molar-refractivity contribution >= 4 is 29.1 Å². The summed E-state index contributed by atoms with van der Waals surface area (Å²) in [6.45, 7) is 0. The first-order valence-electron chi connectivity index (χ1n) is 5.54. The molecular weight excluding hydrogens is 268 g/mol. The molecule has 0 bridgehead atoms. The van der Waals surface area contributed by atoms with E-state index < -0.39 is 17.1 Å². The molecule has 1 aromatic heterocycles. The minimum Gasteiger partial charge on any atom is -0.389 e. The number of aliphatic hydroxyl groups excluding tert-OH is 2. The third kappa shape index (κ3) is 2.53. The number of aromatic nitrogens is 1. The van der Waals surface area contributed by atoms with Gasteiger partial charge in [-0.05, 0) is 23.1 Å². The van der Waals surface area contributed by atoms with Crippen LogP contribution in [-0.4, -0.2) is 32.0 Å². The molecule has 0 aliphatic carbocycles. The van der Waals surface area contributed by atoms with Crippen LogP contribution in [0.15, 0.2) is 30.6 Å². The smallest absolute Gasteiger partial charge is 0.278 e. The molecule has 2 aromatic rings. The Kier molecular flexibility index (Phi) is 3.98. The Morgan fingerprint density at radius 1 is 1.32 bits per heavy atom. The van der Waals surface area contributed by atoms with Crippen molar-refractivity contribution in [3.05, 3.63) is 46.3 Å². The van der Waals surface area contributed by atoms with Crippen molar-refractivity contribution in [3.63, 3.8) is 0 Å². The standard InChI is InChI=1S/C12H12N2O4S/c15-11(6-19)12(16)8-1-2-10(14(17)18)9-5-13-4-3-7(8)9/h1-5,11-12,15-16,19H,6H2. The molecule has 0 aliphatic heterocycles. The van der Waals surface area contributed by atoms with Crippen LogP contribution < -0.4 is 0 Å². The number of nitro groups is 1. The van der Waals surface area contributed by atoms with Crippen molar-refractivity contribution in [1.82, 2.24) is 4.98 Å². The van der Waals surface area contributed by atoms with Gasteiger partial charge in [0.25, 0.3) is 5.69 Å². The molecule has 0 aliphatic rings. The van der Waals surface area contributed by atoms with Gasteiger partial charge in [-0.1, -0.05) is 0 Å². The van der Waals surface area contributed by atoms with Crippen LogP contribution in [0.4, 0.5) is 5.69 Å². The summed E-state index contributed by atoms with van der Waals surface area (Å²) in [5.74, 6) is 0.0880. The van der Waals surface area contributed by atoms with Gasteiger partial charge < -0.3 is 10.2 Å². The number of hydrogen-bond donors (Lipinski definition) is 3. The van der Waals surface area contributed by atoms with E-state index in [-0.39, 0.29) is 11.4 Å². The molecule has 1 heterocycles. The number of aliphatic hydroxyl groups is 2. The zero-order valence-corrected chi connectivity index (χ0v) is 10.7. The summed E-state index contributed by atoms with van der Waals surface area (Å²) in [6.07, 6.45) is 0.663. The summed E-state index contributed by atoms with van der Waals surface area (Å²) < 4.78 is 0. The lowest BCUT2D eigenvalue weighted by Crippen LogP contribution is -2.20. The van der Waals surface area contributed by atoms with Crippen molar-refractivity contribution in [2.45, 2.75) is 12.2 Å². The predicted octanol–water partition coefficient (Wildman–Crippen LogP) is 1.47. The minimum absolute atomic E-state index is 0.0839. The largest absolute Gasteiger partial charge is 0.389 e. The fraction of sp³-hybridized carbons (Fsp3) is 0.250. The number of nitrogens with zero attached hydrogens (tertiary/aromatic N) is 2. The first kappa shape index (κ1) is 13.7. The van der Waals surface area contributed by atoms with E-state index in [0.29, 0.717) is 16.3 Å². The molecular formula is C12H12N2O4S. The molecule has 0 spiro atoms.